The third-order valence-corrected chi connectivity index (χ3v) is 3.39. The van der Waals surface area contributed by atoms with Crippen molar-refractivity contribution in [2.45, 2.75) is 20.4 Å². The molecule has 0 saturated carbocycles. The Morgan fingerprint density at radius 2 is 2.10 bits per heavy atom. The second-order valence-corrected chi connectivity index (χ2v) is 5.50. The maximum Gasteiger partial charge on any atom is 0.107 e. The van der Waals surface area contributed by atoms with Gasteiger partial charge in [0.05, 0.1) is 5.56 Å². The fraction of sp³-hybridized carbons (Fsp3) is 0.200. The van der Waals surface area contributed by atoms with Gasteiger partial charge in [0.1, 0.15) is 4.99 Å². The van der Waals surface area contributed by atoms with Crippen molar-refractivity contribution in [3.05, 3.63) is 57.9 Å². The van der Waals surface area contributed by atoms with Crippen LogP contribution < -0.4 is 11.1 Å². The van der Waals surface area contributed by atoms with E-state index in [2.05, 4.69) is 10.3 Å². The second kappa shape index (κ2) is 6.20. The topological polar surface area (TPSA) is 50.9 Å². The van der Waals surface area contributed by atoms with Gasteiger partial charge in [-0.3, -0.25) is 4.98 Å². The van der Waals surface area contributed by atoms with Crippen LogP contribution in [-0.4, -0.2) is 9.97 Å². The van der Waals surface area contributed by atoms with Gasteiger partial charge < -0.3 is 11.1 Å². The van der Waals surface area contributed by atoms with E-state index in [1.54, 1.807) is 0 Å². The molecule has 20 heavy (non-hydrogen) atoms. The van der Waals surface area contributed by atoms with E-state index in [1.165, 1.54) is 0 Å². The summed E-state index contributed by atoms with van der Waals surface area (Å²) < 4.78 is 0. The number of hydrogen-bond acceptors (Lipinski definition) is 3. The Kier molecular flexibility index (Phi) is 4.57. The summed E-state index contributed by atoms with van der Waals surface area (Å²) in [7, 11) is 0. The van der Waals surface area contributed by atoms with Gasteiger partial charge in [0, 0.05) is 28.6 Å². The van der Waals surface area contributed by atoms with E-state index in [4.69, 9.17) is 29.6 Å². The van der Waals surface area contributed by atoms with E-state index in [9.17, 15) is 0 Å². The summed E-state index contributed by atoms with van der Waals surface area (Å²) >= 11 is 11.1. The van der Waals surface area contributed by atoms with Crippen molar-refractivity contribution in [1.82, 2.24) is 4.98 Å². The number of thiocarbonyl (C=S) groups is 1. The highest BCUT2D eigenvalue weighted by atomic mass is 35.5. The number of aryl methyl sites for hydroxylation is 2. The average Bonchev–Trinajstić information content (AvgIpc) is 2.35. The molecule has 0 aliphatic rings. The van der Waals surface area contributed by atoms with Gasteiger partial charge in [0.2, 0.25) is 0 Å². The number of halogens is 1. The van der Waals surface area contributed by atoms with Crippen LogP contribution in [0, 0.1) is 13.8 Å². The quantitative estimate of drug-likeness (QED) is 0.848. The standard InChI is InChI=1S/C15H16ClN3S/c1-9-6-13(14(15(17)20)10(2)19-9)18-8-11-4-3-5-12(16)7-11/h3-7H,8H2,1-2H3,(H2,17,20)(H,18,19). The number of rotatable bonds is 4. The minimum Gasteiger partial charge on any atom is -0.389 e. The molecule has 0 spiro atoms. The molecule has 0 amide bonds. The highest BCUT2D eigenvalue weighted by Crippen LogP contribution is 2.21. The van der Waals surface area contributed by atoms with Gasteiger partial charge >= 0.3 is 0 Å². The number of pyridine rings is 1. The first-order valence-electron chi connectivity index (χ1n) is 6.23. The summed E-state index contributed by atoms with van der Waals surface area (Å²) in [5.74, 6) is 0. The smallest absolute Gasteiger partial charge is 0.107 e. The van der Waals surface area contributed by atoms with Gasteiger partial charge in [0.25, 0.3) is 0 Å². The van der Waals surface area contributed by atoms with Gasteiger partial charge in [0.15, 0.2) is 0 Å². The van der Waals surface area contributed by atoms with E-state index in [1.807, 2.05) is 44.2 Å². The van der Waals surface area contributed by atoms with Gasteiger partial charge in [-0.2, -0.15) is 0 Å². The normalized spacial score (nSPS) is 10.3. The van der Waals surface area contributed by atoms with Crippen molar-refractivity contribution in [1.29, 1.82) is 0 Å². The molecule has 0 bridgehead atoms. The highest BCUT2D eigenvalue weighted by Gasteiger charge is 2.10. The van der Waals surface area contributed by atoms with Crippen LogP contribution in [-0.2, 0) is 6.54 Å². The van der Waals surface area contributed by atoms with Crippen molar-refractivity contribution in [2.75, 3.05) is 5.32 Å². The zero-order chi connectivity index (χ0) is 14.7. The van der Waals surface area contributed by atoms with Gasteiger partial charge in [-0.25, -0.2) is 0 Å². The first kappa shape index (κ1) is 14.8. The molecule has 0 radical (unpaired) electrons. The lowest BCUT2D eigenvalue weighted by molar-refractivity contribution is 1.09. The van der Waals surface area contributed by atoms with Crippen LogP contribution in [0.4, 0.5) is 5.69 Å². The third-order valence-electron chi connectivity index (χ3n) is 2.95. The summed E-state index contributed by atoms with van der Waals surface area (Å²) in [6, 6.07) is 9.67. The van der Waals surface area contributed by atoms with Crippen molar-refractivity contribution in [3.63, 3.8) is 0 Å². The Hall–Kier alpha value is -1.65. The minimum atomic E-state index is 0.351. The monoisotopic (exact) mass is 305 g/mol. The number of nitrogens with two attached hydrogens (primary N) is 1. The number of nitrogens with one attached hydrogen (secondary N) is 1. The zero-order valence-corrected chi connectivity index (χ0v) is 13.0. The lowest BCUT2D eigenvalue weighted by Gasteiger charge is -2.14. The fourth-order valence-corrected chi connectivity index (χ4v) is 2.59. The molecule has 2 rings (SSSR count). The summed E-state index contributed by atoms with van der Waals surface area (Å²) in [5.41, 5.74) is 10.4. The number of anilines is 1. The molecule has 3 nitrogen and oxygen atoms in total. The molecular formula is C15H16ClN3S. The van der Waals surface area contributed by atoms with Crippen molar-refractivity contribution < 1.29 is 0 Å². The van der Waals surface area contributed by atoms with Crippen LogP contribution in [0.25, 0.3) is 0 Å². The fourth-order valence-electron chi connectivity index (χ4n) is 2.12. The second-order valence-electron chi connectivity index (χ2n) is 4.62. The summed E-state index contributed by atoms with van der Waals surface area (Å²) in [6.07, 6.45) is 0. The first-order valence-corrected chi connectivity index (χ1v) is 7.02. The van der Waals surface area contributed by atoms with E-state index >= 15 is 0 Å². The van der Waals surface area contributed by atoms with Gasteiger partial charge in [-0.15, -0.1) is 0 Å². The van der Waals surface area contributed by atoms with Crippen LogP contribution in [0.5, 0.6) is 0 Å². The number of hydrogen-bond donors (Lipinski definition) is 2. The lowest BCUT2D eigenvalue weighted by atomic mass is 10.1. The van der Waals surface area contributed by atoms with Gasteiger partial charge in [-0.1, -0.05) is 36.0 Å². The third kappa shape index (κ3) is 3.46. The molecule has 0 aliphatic heterocycles. The molecule has 5 heteroatoms. The van der Waals surface area contributed by atoms with Crippen LogP contribution in [0.3, 0.4) is 0 Å². The Labute approximate surface area is 129 Å². The van der Waals surface area contributed by atoms with Crippen molar-refractivity contribution in [2.24, 2.45) is 5.73 Å². The van der Waals surface area contributed by atoms with E-state index in [-0.39, 0.29) is 0 Å². The Balaban J connectivity index is 2.27. The number of aromatic nitrogens is 1. The predicted molar refractivity (Wildman–Crippen MR) is 88.4 cm³/mol. The Morgan fingerprint density at radius 3 is 2.75 bits per heavy atom. The molecular weight excluding hydrogens is 290 g/mol. The largest absolute Gasteiger partial charge is 0.389 e. The summed E-state index contributed by atoms with van der Waals surface area (Å²) in [5, 5.41) is 4.08. The molecule has 3 N–H and O–H groups in total. The summed E-state index contributed by atoms with van der Waals surface area (Å²) in [4.78, 5) is 4.75. The van der Waals surface area contributed by atoms with Crippen molar-refractivity contribution >= 4 is 34.5 Å². The molecule has 0 fully saturated rings. The molecule has 2 aromatic rings. The predicted octanol–water partition coefficient (Wildman–Crippen LogP) is 3.60. The molecule has 1 aromatic heterocycles. The van der Waals surface area contributed by atoms with Crippen LogP contribution in [0.2, 0.25) is 5.02 Å². The Morgan fingerprint density at radius 1 is 1.35 bits per heavy atom. The van der Waals surface area contributed by atoms with Crippen molar-refractivity contribution in [3.8, 4) is 0 Å². The molecule has 104 valence electrons. The molecule has 0 saturated heterocycles. The molecule has 0 atom stereocenters. The SMILES string of the molecule is Cc1cc(NCc2cccc(Cl)c2)c(C(N)=S)c(C)n1. The maximum atomic E-state index is 5.98. The molecule has 0 aliphatic carbocycles. The lowest BCUT2D eigenvalue weighted by Crippen LogP contribution is -2.16. The van der Waals surface area contributed by atoms with E-state index < -0.39 is 0 Å². The highest BCUT2D eigenvalue weighted by molar-refractivity contribution is 7.80. The molecule has 1 aromatic carbocycles. The number of benzene rings is 1. The van der Waals surface area contributed by atoms with E-state index in [0.717, 1.165) is 33.2 Å². The number of nitrogens with zero attached hydrogens (tertiary/aromatic N) is 1. The maximum absolute atomic E-state index is 5.98. The zero-order valence-electron chi connectivity index (χ0n) is 11.4. The van der Waals surface area contributed by atoms with Crippen LogP contribution in [0.15, 0.2) is 30.3 Å². The Bertz CT molecular complexity index is 656. The van der Waals surface area contributed by atoms with Gasteiger partial charge in [-0.05, 0) is 37.6 Å². The van der Waals surface area contributed by atoms with Crippen LogP contribution >= 0.6 is 23.8 Å². The first-order chi connectivity index (χ1) is 9.47. The van der Waals surface area contributed by atoms with Crippen LogP contribution in [0.1, 0.15) is 22.5 Å². The van der Waals surface area contributed by atoms with E-state index in [0.29, 0.717) is 11.5 Å². The molecule has 0 unspecified atom stereocenters. The summed E-state index contributed by atoms with van der Waals surface area (Å²) in [6.45, 7) is 4.51. The molecule has 1 heterocycles. The average molecular weight is 306 g/mol. The minimum absolute atomic E-state index is 0.351.